The SMILES string of the molecule is C=Cc1cccc(S(=O)(=O)c2cccc(C=C)c2C=C)c1C=C. The Bertz CT molecular complexity index is 834. The van der Waals surface area contributed by atoms with Crippen LogP contribution in [0, 0.1) is 0 Å². The second-order valence-electron chi connectivity index (χ2n) is 4.84. The molecule has 0 heterocycles. The molecule has 3 heteroatoms. The van der Waals surface area contributed by atoms with Crippen LogP contribution < -0.4 is 0 Å². The lowest BCUT2D eigenvalue weighted by molar-refractivity contribution is 0.595. The zero-order chi connectivity index (χ0) is 17.0. The van der Waals surface area contributed by atoms with E-state index in [4.69, 9.17) is 0 Å². The standard InChI is InChI=1S/C20H18O2S/c1-5-15-11-9-13-19(17(15)7-3)23(21,22)20-14-10-12-16(6-2)18(20)8-4/h5-14H,1-4H2. The predicted octanol–water partition coefficient (Wildman–Crippen LogP) is 5.09. The molecule has 2 aromatic carbocycles. The topological polar surface area (TPSA) is 34.1 Å². The van der Waals surface area contributed by atoms with Crippen molar-refractivity contribution in [3.63, 3.8) is 0 Å². The minimum absolute atomic E-state index is 0.203. The van der Waals surface area contributed by atoms with Crippen molar-refractivity contribution in [3.05, 3.63) is 85.0 Å². The molecule has 0 atom stereocenters. The highest BCUT2D eigenvalue weighted by Gasteiger charge is 2.24. The highest BCUT2D eigenvalue weighted by atomic mass is 32.2. The van der Waals surface area contributed by atoms with Crippen LogP contribution in [0.1, 0.15) is 22.3 Å². The lowest BCUT2D eigenvalue weighted by Gasteiger charge is -2.14. The van der Waals surface area contributed by atoms with Gasteiger partial charge in [0, 0.05) is 11.1 Å². The molecule has 2 rings (SSSR count). The van der Waals surface area contributed by atoms with Crippen LogP contribution in [-0.2, 0) is 9.84 Å². The van der Waals surface area contributed by atoms with Gasteiger partial charge in [0.2, 0.25) is 9.84 Å². The highest BCUT2D eigenvalue weighted by molar-refractivity contribution is 7.91. The van der Waals surface area contributed by atoms with E-state index >= 15 is 0 Å². The van der Waals surface area contributed by atoms with E-state index in [-0.39, 0.29) is 9.79 Å². The van der Waals surface area contributed by atoms with Gasteiger partial charge >= 0.3 is 0 Å². The van der Waals surface area contributed by atoms with Gasteiger partial charge in [-0.3, -0.25) is 0 Å². The molecule has 0 amide bonds. The number of sulfone groups is 1. The first-order valence-corrected chi connectivity index (χ1v) is 8.50. The molecule has 0 N–H and O–H groups in total. The first kappa shape index (κ1) is 16.7. The Hall–Kier alpha value is -2.65. The van der Waals surface area contributed by atoms with Gasteiger partial charge in [0.15, 0.2) is 0 Å². The summed E-state index contributed by atoms with van der Waals surface area (Å²) in [5.74, 6) is 0. The van der Waals surface area contributed by atoms with Crippen molar-refractivity contribution in [2.24, 2.45) is 0 Å². The summed E-state index contributed by atoms with van der Waals surface area (Å²) in [5, 5.41) is 0. The van der Waals surface area contributed by atoms with E-state index in [1.54, 1.807) is 48.6 Å². The molecule has 0 radical (unpaired) electrons. The van der Waals surface area contributed by atoms with Crippen LogP contribution in [0.3, 0.4) is 0 Å². The largest absolute Gasteiger partial charge is 0.218 e. The maximum Gasteiger partial charge on any atom is 0.207 e. The monoisotopic (exact) mass is 322 g/mol. The van der Waals surface area contributed by atoms with Gasteiger partial charge < -0.3 is 0 Å². The van der Waals surface area contributed by atoms with Crippen molar-refractivity contribution in [2.75, 3.05) is 0 Å². The van der Waals surface area contributed by atoms with Gasteiger partial charge in [-0.1, -0.05) is 74.9 Å². The first-order valence-electron chi connectivity index (χ1n) is 7.02. The third-order valence-electron chi connectivity index (χ3n) is 3.63. The lowest BCUT2D eigenvalue weighted by atomic mass is 10.1. The summed E-state index contributed by atoms with van der Waals surface area (Å²) >= 11 is 0. The summed E-state index contributed by atoms with van der Waals surface area (Å²) in [7, 11) is -3.73. The van der Waals surface area contributed by atoms with E-state index in [1.807, 2.05) is 0 Å². The quantitative estimate of drug-likeness (QED) is 0.742. The van der Waals surface area contributed by atoms with Gasteiger partial charge in [-0.2, -0.15) is 0 Å². The van der Waals surface area contributed by atoms with Crippen molar-refractivity contribution < 1.29 is 8.42 Å². The molecule has 0 saturated carbocycles. The van der Waals surface area contributed by atoms with E-state index in [2.05, 4.69) is 26.3 Å². The summed E-state index contributed by atoms with van der Waals surface area (Å²) in [6.07, 6.45) is 6.30. The van der Waals surface area contributed by atoms with Crippen LogP contribution in [0.2, 0.25) is 0 Å². The molecule has 0 aliphatic heterocycles. The van der Waals surface area contributed by atoms with Crippen LogP contribution >= 0.6 is 0 Å². The smallest absolute Gasteiger partial charge is 0.207 e. The van der Waals surface area contributed by atoms with Crippen molar-refractivity contribution in [3.8, 4) is 0 Å². The Balaban J connectivity index is 2.85. The third-order valence-corrected chi connectivity index (χ3v) is 5.50. The molecule has 116 valence electrons. The van der Waals surface area contributed by atoms with Crippen molar-refractivity contribution >= 4 is 34.1 Å². The van der Waals surface area contributed by atoms with Gasteiger partial charge in [-0.15, -0.1) is 0 Å². The predicted molar refractivity (Wildman–Crippen MR) is 98.7 cm³/mol. The normalized spacial score (nSPS) is 10.8. The van der Waals surface area contributed by atoms with E-state index in [0.717, 1.165) is 11.1 Å². The summed E-state index contributed by atoms with van der Waals surface area (Å²) < 4.78 is 26.3. The zero-order valence-corrected chi connectivity index (χ0v) is 13.6. The zero-order valence-electron chi connectivity index (χ0n) is 12.8. The van der Waals surface area contributed by atoms with Gasteiger partial charge in [0.05, 0.1) is 9.79 Å². The molecule has 2 nitrogen and oxygen atoms in total. The second-order valence-corrected chi connectivity index (χ2v) is 6.72. The van der Waals surface area contributed by atoms with Crippen molar-refractivity contribution in [1.29, 1.82) is 0 Å². The van der Waals surface area contributed by atoms with Gasteiger partial charge in [-0.25, -0.2) is 8.42 Å². The van der Waals surface area contributed by atoms with Crippen molar-refractivity contribution in [1.82, 2.24) is 0 Å². The Labute approximate surface area is 137 Å². The molecular formula is C20H18O2S. The molecule has 0 aliphatic carbocycles. The molecule has 0 bridgehead atoms. The highest BCUT2D eigenvalue weighted by Crippen LogP contribution is 2.31. The fraction of sp³-hybridized carbons (Fsp3) is 0. The third kappa shape index (κ3) is 2.83. The number of benzene rings is 2. The van der Waals surface area contributed by atoms with E-state index in [1.165, 1.54) is 12.2 Å². The van der Waals surface area contributed by atoms with Crippen LogP contribution in [0.25, 0.3) is 24.3 Å². The summed E-state index contributed by atoms with van der Waals surface area (Å²) in [6.45, 7) is 14.9. The van der Waals surface area contributed by atoms with Crippen LogP contribution in [-0.4, -0.2) is 8.42 Å². The molecule has 23 heavy (non-hydrogen) atoms. The molecular weight excluding hydrogens is 304 g/mol. The molecule has 0 aliphatic rings. The second kappa shape index (κ2) is 6.63. The van der Waals surface area contributed by atoms with Crippen LogP contribution in [0.4, 0.5) is 0 Å². The molecule has 0 unspecified atom stereocenters. The lowest BCUT2D eigenvalue weighted by Crippen LogP contribution is -2.07. The molecule has 0 saturated heterocycles. The summed E-state index contributed by atoms with van der Waals surface area (Å²) in [4.78, 5) is 0.406. The maximum absolute atomic E-state index is 13.2. The molecule has 0 spiro atoms. The average molecular weight is 322 g/mol. The van der Waals surface area contributed by atoms with E-state index < -0.39 is 9.84 Å². The summed E-state index contributed by atoms with van der Waals surface area (Å²) in [5.41, 5.74) is 2.53. The van der Waals surface area contributed by atoms with Gasteiger partial charge in [0.25, 0.3) is 0 Å². The minimum atomic E-state index is -3.73. The number of rotatable bonds is 6. The Morgan fingerprint density at radius 3 is 1.35 bits per heavy atom. The summed E-state index contributed by atoms with van der Waals surface area (Å²) in [6, 6.07) is 10.2. The van der Waals surface area contributed by atoms with Gasteiger partial charge in [-0.05, 0) is 23.3 Å². The molecule has 2 aromatic rings. The average Bonchev–Trinajstić information content (AvgIpc) is 2.59. The fourth-order valence-corrected chi connectivity index (χ4v) is 4.24. The van der Waals surface area contributed by atoms with E-state index in [9.17, 15) is 8.42 Å². The number of hydrogen-bond donors (Lipinski definition) is 0. The van der Waals surface area contributed by atoms with Crippen LogP contribution in [0.15, 0.2) is 72.5 Å². The molecule has 0 aromatic heterocycles. The van der Waals surface area contributed by atoms with Crippen LogP contribution in [0.5, 0.6) is 0 Å². The van der Waals surface area contributed by atoms with Crippen molar-refractivity contribution in [2.45, 2.75) is 9.79 Å². The Morgan fingerprint density at radius 2 is 1.04 bits per heavy atom. The maximum atomic E-state index is 13.2. The Morgan fingerprint density at radius 1 is 0.652 bits per heavy atom. The first-order chi connectivity index (χ1) is 11.0. The van der Waals surface area contributed by atoms with E-state index in [0.29, 0.717) is 11.1 Å². The number of hydrogen-bond acceptors (Lipinski definition) is 2. The fourth-order valence-electron chi connectivity index (χ4n) is 2.50. The molecule has 0 fully saturated rings. The minimum Gasteiger partial charge on any atom is -0.218 e. The van der Waals surface area contributed by atoms with Gasteiger partial charge in [0.1, 0.15) is 0 Å². The Kier molecular flexibility index (Phi) is 4.82.